The lowest BCUT2D eigenvalue weighted by molar-refractivity contribution is -0.128. The molecular formula is C38H50ClN7O7. The van der Waals surface area contributed by atoms with Gasteiger partial charge in [-0.1, -0.05) is 74.5 Å². The first-order valence-corrected chi connectivity index (χ1v) is 17.4. The fourth-order valence-corrected chi connectivity index (χ4v) is 5.89. The molecule has 0 bridgehead atoms. The van der Waals surface area contributed by atoms with Gasteiger partial charge in [0.25, 0.3) is 0 Å². The molecule has 4 rings (SSSR count). The summed E-state index contributed by atoms with van der Waals surface area (Å²) in [5, 5.41) is 13.7. The number of halogens is 1. The summed E-state index contributed by atoms with van der Waals surface area (Å²) in [6.45, 7) is 5.02. The van der Waals surface area contributed by atoms with E-state index in [2.05, 4.69) is 26.6 Å². The van der Waals surface area contributed by atoms with Crippen LogP contribution in [0.4, 0.5) is 20.1 Å². The van der Waals surface area contributed by atoms with Crippen molar-refractivity contribution in [2.75, 3.05) is 45.7 Å². The summed E-state index contributed by atoms with van der Waals surface area (Å²) < 4.78 is 11.0. The predicted molar refractivity (Wildman–Crippen MR) is 205 cm³/mol. The Balaban J connectivity index is 0.00000756. The molecule has 3 aromatic carbocycles. The summed E-state index contributed by atoms with van der Waals surface area (Å²) in [4.78, 5) is 65.0. The Bertz CT molecular complexity index is 1660. The third-order valence-electron chi connectivity index (χ3n) is 8.76. The normalized spacial score (nSPS) is 12.6. The zero-order valence-electron chi connectivity index (χ0n) is 30.5. The van der Waals surface area contributed by atoms with Crippen LogP contribution in [-0.4, -0.2) is 87.4 Å². The number of hydrogen-bond donors (Lipinski definition) is 6. The molecule has 1 aliphatic carbocycles. The van der Waals surface area contributed by atoms with Crippen LogP contribution in [-0.2, 0) is 25.7 Å². The minimum Gasteiger partial charge on any atom is -0.449 e. The number of alkyl carbamates (subject to hydrolysis) is 1. The molecule has 3 aromatic rings. The number of primary amides is 1. The van der Waals surface area contributed by atoms with Crippen molar-refractivity contribution in [3.63, 3.8) is 0 Å². The highest BCUT2D eigenvalue weighted by molar-refractivity contribution is 5.98. The molecule has 7 N–H and O–H groups in total. The highest BCUT2D eigenvalue weighted by Gasteiger charge is 2.32. The lowest BCUT2D eigenvalue weighted by atomic mass is 9.98. The summed E-state index contributed by atoms with van der Waals surface area (Å²) in [5.74, 6) is -1.55. The molecule has 0 heterocycles. The van der Waals surface area contributed by atoms with Crippen molar-refractivity contribution >= 4 is 48.1 Å². The Labute approximate surface area is 316 Å². The number of anilines is 1. The lowest BCUT2D eigenvalue weighted by Crippen LogP contribution is -2.54. The van der Waals surface area contributed by atoms with Crippen LogP contribution in [0, 0.1) is 5.92 Å². The van der Waals surface area contributed by atoms with Gasteiger partial charge in [-0.2, -0.15) is 0 Å². The number of amides is 6. The number of carbonyl (C=O) groups excluding carboxylic acids is 5. The number of hydrogen-bond acceptors (Lipinski definition) is 8. The summed E-state index contributed by atoms with van der Waals surface area (Å²) in [5.41, 5.74) is 10.7. The zero-order valence-corrected chi connectivity index (χ0v) is 31.3. The summed E-state index contributed by atoms with van der Waals surface area (Å²) in [7, 11) is 3.45. The molecule has 0 unspecified atom stereocenters. The fraction of sp³-hybridized carbons (Fsp3) is 0.395. The summed E-state index contributed by atoms with van der Waals surface area (Å²) in [6.07, 6.45) is -0.703. The maximum absolute atomic E-state index is 13.6. The Hall–Kier alpha value is -5.34. The van der Waals surface area contributed by atoms with Gasteiger partial charge in [-0.25, -0.2) is 14.4 Å². The number of rotatable bonds is 17. The Morgan fingerprint density at radius 1 is 0.830 bits per heavy atom. The second kappa shape index (κ2) is 20.6. The number of nitrogens with two attached hydrogens (primary N) is 1. The molecular weight excluding hydrogens is 702 g/mol. The maximum atomic E-state index is 13.6. The highest BCUT2D eigenvalue weighted by atomic mass is 35.5. The molecule has 0 aromatic heterocycles. The Morgan fingerprint density at radius 3 is 2.04 bits per heavy atom. The summed E-state index contributed by atoms with van der Waals surface area (Å²) in [6, 6.07) is 20.0. The predicted octanol–water partition coefficient (Wildman–Crippen LogP) is 4.33. The van der Waals surface area contributed by atoms with Gasteiger partial charge in [-0.05, 0) is 65.8 Å². The average Bonchev–Trinajstić information content (AvgIpc) is 3.45. The van der Waals surface area contributed by atoms with Crippen LogP contribution >= 0.6 is 12.4 Å². The molecule has 1 aliphatic rings. The van der Waals surface area contributed by atoms with Crippen molar-refractivity contribution < 1.29 is 33.4 Å². The van der Waals surface area contributed by atoms with Gasteiger partial charge in [0.1, 0.15) is 25.3 Å². The van der Waals surface area contributed by atoms with Gasteiger partial charge in [-0.15, -0.1) is 12.4 Å². The molecule has 0 fully saturated rings. The molecule has 0 saturated heterocycles. The van der Waals surface area contributed by atoms with Gasteiger partial charge < -0.3 is 46.7 Å². The van der Waals surface area contributed by atoms with E-state index in [0.717, 1.165) is 27.8 Å². The topological polar surface area (TPSA) is 193 Å². The first-order chi connectivity index (χ1) is 25.0. The van der Waals surface area contributed by atoms with E-state index in [1.807, 2.05) is 48.5 Å². The van der Waals surface area contributed by atoms with Crippen molar-refractivity contribution in [2.45, 2.75) is 51.3 Å². The van der Waals surface area contributed by atoms with Crippen molar-refractivity contribution in [1.82, 2.24) is 26.2 Å². The standard InChI is InChI=1S/C38H49N7O7.ClH/c1-24(2)33(44-37(49)51-23-31-29-12-7-5-10-27(29)28-11-6-8-13-30(28)31)35(47)43-32(14-9-19-41-36(39)48)34(46)42-26-17-15-25(16-18-26)22-52-38(50)45(4)21-20-40-3;/h5-8,10-13,15-18,24,31-33,40H,9,14,19-23H2,1-4H3,(H,42,46)(H,43,47)(H,44,49)(H3,39,41,48);1H/t32-,33-;/m0./s1. The van der Waals surface area contributed by atoms with Crippen molar-refractivity contribution in [3.05, 3.63) is 89.5 Å². The molecule has 53 heavy (non-hydrogen) atoms. The second-order valence-corrected chi connectivity index (χ2v) is 13.0. The van der Waals surface area contributed by atoms with Gasteiger partial charge in [0, 0.05) is 38.3 Å². The number of nitrogens with one attached hydrogen (secondary N) is 5. The molecule has 0 spiro atoms. The second-order valence-electron chi connectivity index (χ2n) is 13.0. The van der Waals surface area contributed by atoms with E-state index >= 15 is 0 Å². The van der Waals surface area contributed by atoms with E-state index in [9.17, 15) is 24.0 Å². The van der Waals surface area contributed by atoms with Crippen LogP contribution in [0.25, 0.3) is 11.1 Å². The van der Waals surface area contributed by atoms with Gasteiger partial charge in [-0.3, -0.25) is 9.59 Å². The number of nitrogens with zero attached hydrogens (tertiary/aromatic N) is 1. The van der Waals surface area contributed by atoms with E-state index in [0.29, 0.717) is 25.2 Å². The van der Waals surface area contributed by atoms with Crippen molar-refractivity contribution in [2.24, 2.45) is 11.7 Å². The van der Waals surface area contributed by atoms with Crippen LogP contribution in [0.3, 0.4) is 0 Å². The van der Waals surface area contributed by atoms with Crippen LogP contribution in [0.1, 0.15) is 49.3 Å². The molecule has 0 radical (unpaired) electrons. The first-order valence-electron chi connectivity index (χ1n) is 17.4. The van der Waals surface area contributed by atoms with E-state index < -0.39 is 42.1 Å². The summed E-state index contributed by atoms with van der Waals surface area (Å²) >= 11 is 0. The monoisotopic (exact) mass is 751 g/mol. The third-order valence-corrected chi connectivity index (χ3v) is 8.76. The number of ether oxygens (including phenoxy) is 2. The highest BCUT2D eigenvalue weighted by Crippen LogP contribution is 2.44. The van der Waals surface area contributed by atoms with E-state index in [1.54, 1.807) is 52.2 Å². The van der Waals surface area contributed by atoms with E-state index in [1.165, 1.54) is 4.90 Å². The quantitative estimate of drug-likeness (QED) is 0.110. The van der Waals surface area contributed by atoms with E-state index in [4.69, 9.17) is 15.2 Å². The maximum Gasteiger partial charge on any atom is 0.409 e. The molecule has 2 atom stereocenters. The van der Waals surface area contributed by atoms with Gasteiger partial charge in [0.05, 0.1) is 0 Å². The molecule has 0 saturated carbocycles. The Morgan fingerprint density at radius 2 is 1.45 bits per heavy atom. The lowest BCUT2D eigenvalue weighted by Gasteiger charge is -2.25. The zero-order chi connectivity index (χ0) is 37.6. The van der Waals surface area contributed by atoms with Crippen LogP contribution in [0.15, 0.2) is 72.8 Å². The fourth-order valence-electron chi connectivity index (χ4n) is 5.89. The van der Waals surface area contributed by atoms with Gasteiger partial charge in [0.2, 0.25) is 11.8 Å². The van der Waals surface area contributed by atoms with Gasteiger partial charge in [0.15, 0.2) is 0 Å². The largest absolute Gasteiger partial charge is 0.449 e. The SMILES string of the molecule is CNCCN(C)C(=O)OCc1ccc(NC(=O)[C@H](CCCNC(N)=O)NC(=O)[C@@H](NC(=O)OCC2c3ccccc3-c3ccccc32)C(C)C)cc1.Cl. The number of urea groups is 1. The molecule has 0 aliphatic heterocycles. The minimum absolute atomic E-state index is 0. The molecule has 14 nitrogen and oxygen atoms in total. The third kappa shape index (κ3) is 12.1. The average molecular weight is 752 g/mol. The van der Waals surface area contributed by atoms with Crippen molar-refractivity contribution in [1.29, 1.82) is 0 Å². The molecule has 6 amide bonds. The first kappa shape index (κ1) is 42.1. The van der Waals surface area contributed by atoms with Crippen LogP contribution < -0.4 is 32.3 Å². The van der Waals surface area contributed by atoms with Crippen molar-refractivity contribution in [3.8, 4) is 11.1 Å². The van der Waals surface area contributed by atoms with E-state index in [-0.39, 0.29) is 50.4 Å². The smallest absolute Gasteiger partial charge is 0.409 e. The number of carbonyl (C=O) groups is 5. The minimum atomic E-state index is -1.01. The molecule has 286 valence electrons. The number of benzene rings is 3. The Kier molecular flexibility index (Phi) is 16.4. The molecule has 15 heteroatoms. The van der Waals surface area contributed by atoms with Crippen LogP contribution in [0.5, 0.6) is 0 Å². The van der Waals surface area contributed by atoms with Gasteiger partial charge >= 0.3 is 18.2 Å². The number of likely N-dealkylation sites (N-methyl/N-ethyl adjacent to an activating group) is 2. The van der Waals surface area contributed by atoms with Crippen LogP contribution in [0.2, 0.25) is 0 Å². The number of fused-ring (bicyclic) bond motifs is 3.